The number of aromatic nitrogens is 3. The fourth-order valence-corrected chi connectivity index (χ4v) is 4.89. The van der Waals surface area contributed by atoms with E-state index >= 15 is 0 Å². The molecule has 11 heteroatoms. The molecule has 3 aromatic rings. The number of fused-ring (bicyclic) bond motifs is 3. The van der Waals surface area contributed by atoms with E-state index in [1.54, 1.807) is 30.3 Å². The summed E-state index contributed by atoms with van der Waals surface area (Å²) in [4.78, 5) is 30.8. The first kappa shape index (κ1) is 24.2. The molecule has 0 aliphatic carbocycles. The van der Waals surface area contributed by atoms with Gasteiger partial charge in [0.25, 0.3) is 0 Å². The third-order valence-electron chi connectivity index (χ3n) is 4.73. The highest BCUT2D eigenvalue weighted by Crippen LogP contribution is 2.46. The molecular formula is C23H18BrClN4O4S. The van der Waals surface area contributed by atoms with Gasteiger partial charge in [-0.05, 0) is 34.1 Å². The summed E-state index contributed by atoms with van der Waals surface area (Å²) in [5.74, 6) is 0.0762. The number of para-hydroxylation sites is 1. The Morgan fingerprint density at radius 1 is 1.29 bits per heavy atom. The summed E-state index contributed by atoms with van der Waals surface area (Å²) in [6.07, 6.45) is 0.656. The number of rotatable bonds is 5. The van der Waals surface area contributed by atoms with Crippen molar-refractivity contribution in [1.82, 2.24) is 15.2 Å². The topological polar surface area (TPSA) is 94.5 Å². The first-order valence-corrected chi connectivity index (χ1v) is 12.2. The monoisotopic (exact) mass is 560 g/mol. The van der Waals surface area contributed by atoms with Gasteiger partial charge in [0.2, 0.25) is 23.2 Å². The van der Waals surface area contributed by atoms with Crippen LogP contribution in [0.2, 0.25) is 5.02 Å². The van der Waals surface area contributed by atoms with E-state index < -0.39 is 12.2 Å². The van der Waals surface area contributed by atoms with Crippen molar-refractivity contribution in [3.63, 3.8) is 0 Å². The first-order valence-electron chi connectivity index (χ1n) is 10.0. The summed E-state index contributed by atoms with van der Waals surface area (Å²) in [5.41, 5.74) is 1.88. The highest BCUT2D eigenvalue weighted by atomic mass is 79.9. The third-order valence-corrected chi connectivity index (χ3v) is 6.37. The second kappa shape index (κ2) is 10.1. The van der Waals surface area contributed by atoms with Crippen molar-refractivity contribution >= 4 is 56.9 Å². The molecule has 1 atom stereocenters. The maximum absolute atomic E-state index is 13.0. The van der Waals surface area contributed by atoms with Gasteiger partial charge in [-0.1, -0.05) is 47.6 Å². The minimum atomic E-state index is -1.07. The standard InChI is InChI=1S/C23H18BrClN4O4S/c1-4-9-34-23-26-21-19(27-28-23)15-7-5-6-8-18(15)29(12(2)30)22(33-21)16-10-14(25)11-17(24)20(16)32-13(3)31/h4-8,10-11,22H,1,9H2,2-3H3/t22-/m0/s1. The first-order chi connectivity index (χ1) is 16.3. The maximum Gasteiger partial charge on any atom is 0.308 e. The Morgan fingerprint density at radius 3 is 2.76 bits per heavy atom. The van der Waals surface area contributed by atoms with E-state index in [-0.39, 0.29) is 17.5 Å². The zero-order valence-electron chi connectivity index (χ0n) is 18.1. The van der Waals surface area contributed by atoms with E-state index in [4.69, 9.17) is 21.1 Å². The minimum Gasteiger partial charge on any atom is -0.447 e. The van der Waals surface area contributed by atoms with Crippen LogP contribution in [0.4, 0.5) is 5.69 Å². The largest absolute Gasteiger partial charge is 0.447 e. The van der Waals surface area contributed by atoms with Crippen molar-refractivity contribution in [1.29, 1.82) is 0 Å². The van der Waals surface area contributed by atoms with Gasteiger partial charge in [-0.15, -0.1) is 16.8 Å². The number of hydrogen-bond donors (Lipinski definition) is 0. The number of anilines is 1. The number of thioether (sulfide) groups is 1. The highest BCUT2D eigenvalue weighted by Gasteiger charge is 2.37. The lowest BCUT2D eigenvalue weighted by molar-refractivity contribution is -0.132. The zero-order chi connectivity index (χ0) is 24.4. The normalized spacial score (nSPS) is 14.4. The van der Waals surface area contributed by atoms with Crippen LogP contribution >= 0.6 is 39.3 Å². The second-order valence-corrected chi connectivity index (χ2v) is 9.40. The smallest absolute Gasteiger partial charge is 0.308 e. The molecule has 4 rings (SSSR count). The molecule has 0 N–H and O–H groups in total. The highest BCUT2D eigenvalue weighted by molar-refractivity contribution is 9.10. The molecule has 1 aliphatic rings. The Bertz CT molecular complexity index is 1310. The van der Waals surface area contributed by atoms with E-state index in [9.17, 15) is 9.59 Å². The van der Waals surface area contributed by atoms with Gasteiger partial charge in [-0.2, -0.15) is 4.98 Å². The van der Waals surface area contributed by atoms with Gasteiger partial charge in [0.05, 0.1) is 15.7 Å². The molecule has 1 aromatic heterocycles. The number of nitrogens with zero attached hydrogens (tertiary/aromatic N) is 4. The molecule has 0 saturated heterocycles. The predicted molar refractivity (Wildman–Crippen MR) is 133 cm³/mol. The molecule has 0 spiro atoms. The summed E-state index contributed by atoms with van der Waals surface area (Å²) in [6, 6.07) is 10.4. The fraction of sp³-hybridized carbons (Fsp3) is 0.174. The summed E-state index contributed by atoms with van der Waals surface area (Å²) in [7, 11) is 0. The van der Waals surface area contributed by atoms with Crippen LogP contribution in [0.15, 0.2) is 58.7 Å². The van der Waals surface area contributed by atoms with Crippen LogP contribution in [0, 0.1) is 0 Å². The Hall–Kier alpha value is -2.95. The Kier molecular flexibility index (Phi) is 7.20. The van der Waals surface area contributed by atoms with Gasteiger partial charge in [-0.25, -0.2) is 0 Å². The van der Waals surface area contributed by atoms with Gasteiger partial charge in [0.15, 0.2) is 11.4 Å². The quantitative estimate of drug-likeness (QED) is 0.172. The molecule has 174 valence electrons. The summed E-state index contributed by atoms with van der Waals surface area (Å²) in [6.45, 7) is 6.41. The predicted octanol–water partition coefficient (Wildman–Crippen LogP) is 5.60. The number of esters is 1. The summed E-state index contributed by atoms with van der Waals surface area (Å²) < 4.78 is 12.2. The van der Waals surface area contributed by atoms with E-state index in [1.165, 1.54) is 30.5 Å². The molecule has 1 amide bonds. The average Bonchev–Trinajstić information content (AvgIpc) is 2.93. The molecule has 2 aromatic carbocycles. The Morgan fingerprint density at radius 2 is 2.06 bits per heavy atom. The van der Waals surface area contributed by atoms with Crippen LogP contribution < -0.4 is 14.4 Å². The third kappa shape index (κ3) is 4.79. The van der Waals surface area contributed by atoms with Crippen molar-refractivity contribution in [2.45, 2.75) is 25.2 Å². The number of carbonyl (C=O) groups is 2. The fourth-order valence-electron chi connectivity index (χ4n) is 3.46. The van der Waals surface area contributed by atoms with Gasteiger partial charge < -0.3 is 9.47 Å². The van der Waals surface area contributed by atoms with Crippen LogP contribution in [0.1, 0.15) is 25.6 Å². The van der Waals surface area contributed by atoms with E-state index in [0.717, 1.165) is 0 Å². The van der Waals surface area contributed by atoms with E-state index in [2.05, 4.69) is 37.7 Å². The van der Waals surface area contributed by atoms with Gasteiger partial charge >= 0.3 is 5.97 Å². The van der Waals surface area contributed by atoms with Crippen molar-refractivity contribution in [3.8, 4) is 22.9 Å². The van der Waals surface area contributed by atoms with E-state index in [0.29, 0.717) is 42.9 Å². The van der Waals surface area contributed by atoms with Crippen molar-refractivity contribution < 1.29 is 19.1 Å². The molecule has 0 saturated carbocycles. The molecule has 8 nitrogen and oxygen atoms in total. The average molecular weight is 562 g/mol. The lowest BCUT2D eigenvalue weighted by atomic mass is 10.1. The van der Waals surface area contributed by atoms with Crippen LogP contribution in [0.5, 0.6) is 11.6 Å². The number of halogens is 2. The SMILES string of the molecule is C=CCSc1nnc2c(n1)O[C@@H](c1cc(Cl)cc(Br)c1OC(C)=O)N(C(C)=O)c1ccccc1-2. The molecular weight excluding hydrogens is 544 g/mol. The number of ether oxygens (including phenoxy) is 2. The molecule has 0 fully saturated rings. The Balaban J connectivity index is 1.98. The lowest BCUT2D eigenvalue weighted by Gasteiger charge is -2.31. The van der Waals surface area contributed by atoms with Crippen molar-refractivity contribution in [2.24, 2.45) is 0 Å². The van der Waals surface area contributed by atoms with Gasteiger partial charge in [0.1, 0.15) is 0 Å². The maximum atomic E-state index is 13.0. The molecule has 0 radical (unpaired) electrons. The van der Waals surface area contributed by atoms with Crippen LogP contribution in [-0.4, -0.2) is 32.8 Å². The number of carbonyl (C=O) groups excluding carboxylic acids is 2. The van der Waals surface area contributed by atoms with Crippen LogP contribution in [-0.2, 0) is 9.59 Å². The van der Waals surface area contributed by atoms with Gasteiger partial charge in [-0.3, -0.25) is 14.5 Å². The second-order valence-electron chi connectivity index (χ2n) is 7.12. The number of benzene rings is 2. The molecule has 1 aliphatic heterocycles. The lowest BCUT2D eigenvalue weighted by Crippen LogP contribution is -2.36. The van der Waals surface area contributed by atoms with Gasteiger partial charge in [0, 0.05) is 30.2 Å². The van der Waals surface area contributed by atoms with Crippen LogP contribution in [0.3, 0.4) is 0 Å². The summed E-state index contributed by atoms with van der Waals surface area (Å²) in [5, 5.41) is 9.29. The molecule has 0 bridgehead atoms. The van der Waals surface area contributed by atoms with Crippen molar-refractivity contribution in [2.75, 3.05) is 10.7 Å². The molecule has 0 unspecified atom stereocenters. The zero-order valence-corrected chi connectivity index (χ0v) is 21.3. The Labute approximate surface area is 213 Å². The number of hydrogen-bond acceptors (Lipinski definition) is 8. The van der Waals surface area contributed by atoms with E-state index in [1.807, 2.05) is 12.1 Å². The summed E-state index contributed by atoms with van der Waals surface area (Å²) >= 11 is 11.1. The minimum absolute atomic E-state index is 0.174. The molecule has 34 heavy (non-hydrogen) atoms. The number of amides is 1. The van der Waals surface area contributed by atoms with Crippen LogP contribution in [0.25, 0.3) is 11.3 Å². The van der Waals surface area contributed by atoms with Crippen molar-refractivity contribution in [3.05, 3.63) is 64.1 Å². The molecule has 2 heterocycles.